The number of benzene rings is 2. The second kappa shape index (κ2) is 6.97. The van der Waals surface area contributed by atoms with Gasteiger partial charge in [0.1, 0.15) is 0 Å². The number of carbonyl (C=O) groups is 1. The number of piperidine rings is 1. The molecule has 3 rings (SSSR count). The highest BCUT2D eigenvalue weighted by Crippen LogP contribution is 2.19. The highest BCUT2D eigenvalue weighted by Gasteiger charge is 2.20. The number of amides is 1. The maximum Gasteiger partial charge on any atom is 0.251 e. The van der Waals surface area contributed by atoms with Crippen LogP contribution >= 0.6 is 0 Å². The molecule has 23 heavy (non-hydrogen) atoms. The predicted molar refractivity (Wildman–Crippen MR) is 89.6 cm³/mol. The molecule has 2 aromatic rings. The normalized spacial score (nSPS) is 15.0. The highest BCUT2D eigenvalue weighted by atomic mass is 16.1. The van der Waals surface area contributed by atoms with Crippen LogP contribution in [0.15, 0.2) is 54.6 Å². The first-order chi connectivity index (χ1) is 11.3. The molecular formula is C19H19N3O. The van der Waals surface area contributed by atoms with E-state index in [2.05, 4.69) is 23.6 Å². The average molecular weight is 305 g/mol. The lowest BCUT2D eigenvalue weighted by Gasteiger charge is -2.28. The Labute approximate surface area is 136 Å². The standard InChI is InChI=1S/C19H19N3O/c20-14-22-12-10-18(11-13-22)21-19(23)17-8-6-16(7-9-17)15-4-2-1-3-5-15/h1-9,18H,10-13H2,(H,21,23). The van der Waals surface area contributed by atoms with Crippen LogP contribution in [0.3, 0.4) is 0 Å². The summed E-state index contributed by atoms with van der Waals surface area (Å²) in [6.45, 7) is 1.43. The summed E-state index contributed by atoms with van der Waals surface area (Å²) in [4.78, 5) is 14.1. The SMILES string of the molecule is N#CN1CCC(NC(=O)c2ccc(-c3ccccc3)cc2)CC1. The van der Waals surface area contributed by atoms with E-state index in [1.54, 1.807) is 4.90 Å². The number of hydrogen-bond acceptors (Lipinski definition) is 3. The van der Waals surface area contributed by atoms with Crippen LogP contribution in [0.5, 0.6) is 0 Å². The molecule has 0 aliphatic carbocycles. The van der Waals surface area contributed by atoms with Crippen molar-refractivity contribution in [1.29, 1.82) is 5.26 Å². The van der Waals surface area contributed by atoms with Crippen LogP contribution in [-0.2, 0) is 0 Å². The van der Waals surface area contributed by atoms with Crippen LogP contribution < -0.4 is 5.32 Å². The molecule has 4 heteroatoms. The lowest BCUT2D eigenvalue weighted by molar-refractivity contribution is 0.0921. The fourth-order valence-corrected chi connectivity index (χ4v) is 2.84. The van der Waals surface area contributed by atoms with E-state index in [-0.39, 0.29) is 11.9 Å². The largest absolute Gasteiger partial charge is 0.349 e. The first-order valence-corrected chi connectivity index (χ1v) is 7.87. The molecule has 0 bridgehead atoms. The van der Waals surface area contributed by atoms with Crippen molar-refractivity contribution in [2.24, 2.45) is 0 Å². The Kier molecular flexibility index (Phi) is 4.58. The first-order valence-electron chi connectivity index (χ1n) is 7.87. The fraction of sp³-hybridized carbons (Fsp3) is 0.263. The summed E-state index contributed by atoms with van der Waals surface area (Å²) in [7, 11) is 0. The van der Waals surface area contributed by atoms with E-state index in [4.69, 9.17) is 5.26 Å². The van der Waals surface area contributed by atoms with Gasteiger partial charge in [0.15, 0.2) is 6.19 Å². The van der Waals surface area contributed by atoms with Gasteiger partial charge in [-0.1, -0.05) is 42.5 Å². The highest BCUT2D eigenvalue weighted by molar-refractivity contribution is 5.94. The van der Waals surface area contributed by atoms with E-state index in [1.807, 2.05) is 42.5 Å². The van der Waals surface area contributed by atoms with Gasteiger partial charge in [-0.2, -0.15) is 5.26 Å². The molecule has 1 fully saturated rings. The number of likely N-dealkylation sites (tertiary alicyclic amines) is 1. The molecule has 2 aromatic carbocycles. The smallest absolute Gasteiger partial charge is 0.251 e. The van der Waals surface area contributed by atoms with E-state index in [9.17, 15) is 4.79 Å². The molecule has 1 aliphatic heterocycles. The van der Waals surface area contributed by atoms with Gasteiger partial charge in [-0.3, -0.25) is 4.79 Å². The zero-order valence-corrected chi connectivity index (χ0v) is 12.9. The minimum atomic E-state index is -0.0416. The Morgan fingerprint density at radius 3 is 2.22 bits per heavy atom. The Morgan fingerprint density at radius 2 is 1.61 bits per heavy atom. The lowest BCUT2D eigenvalue weighted by Crippen LogP contribution is -2.43. The molecule has 0 radical (unpaired) electrons. The van der Waals surface area contributed by atoms with Crippen molar-refractivity contribution in [2.75, 3.05) is 13.1 Å². The van der Waals surface area contributed by atoms with E-state index in [0.717, 1.165) is 24.0 Å². The summed E-state index contributed by atoms with van der Waals surface area (Å²) in [6.07, 6.45) is 3.79. The second-order valence-corrected chi connectivity index (χ2v) is 5.78. The predicted octanol–water partition coefficient (Wildman–Crippen LogP) is 3.03. The number of hydrogen-bond donors (Lipinski definition) is 1. The summed E-state index contributed by atoms with van der Waals surface area (Å²) in [5, 5.41) is 11.9. The summed E-state index contributed by atoms with van der Waals surface area (Å²) in [5.41, 5.74) is 2.92. The van der Waals surface area contributed by atoms with E-state index >= 15 is 0 Å². The average Bonchev–Trinajstić information content (AvgIpc) is 2.63. The van der Waals surface area contributed by atoms with Gasteiger partial charge in [0.25, 0.3) is 5.91 Å². The molecular weight excluding hydrogens is 286 g/mol. The van der Waals surface area contributed by atoms with Crippen molar-refractivity contribution in [3.05, 3.63) is 60.2 Å². The van der Waals surface area contributed by atoms with Crippen molar-refractivity contribution in [3.63, 3.8) is 0 Å². The Morgan fingerprint density at radius 1 is 1.00 bits per heavy atom. The number of nitriles is 1. The van der Waals surface area contributed by atoms with Gasteiger partial charge in [-0.15, -0.1) is 0 Å². The van der Waals surface area contributed by atoms with Gasteiger partial charge in [0.2, 0.25) is 0 Å². The molecule has 1 saturated heterocycles. The number of nitrogens with one attached hydrogen (secondary N) is 1. The number of rotatable bonds is 3. The first kappa shape index (κ1) is 15.1. The quantitative estimate of drug-likeness (QED) is 0.887. The monoisotopic (exact) mass is 305 g/mol. The van der Waals surface area contributed by atoms with Crippen LogP contribution in [-0.4, -0.2) is 29.9 Å². The molecule has 1 amide bonds. The molecule has 4 nitrogen and oxygen atoms in total. The Bertz CT molecular complexity index is 696. The molecule has 116 valence electrons. The zero-order chi connectivity index (χ0) is 16.1. The third-order valence-corrected chi connectivity index (χ3v) is 4.23. The molecule has 1 aliphatic rings. The van der Waals surface area contributed by atoms with Gasteiger partial charge in [0.05, 0.1) is 0 Å². The van der Waals surface area contributed by atoms with E-state index in [1.165, 1.54) is 0 Å². The Balaban J connectivity index is 1.61. The van der Waals surface area contributed by atoms with Gasteiger partial charge < -0.3 is 10.2 Å². The second-order valence-electron chi connectivity index (χ2n) is 5.78. The fourth-order valence-electron chi connectivity index (χ4n) is 2.84. The van der Waals surface area contributed by atoms with E-state index < -0.39 is 0 Å². The minimum absolute atomic E-state index is 0.0416. The molecule has 0 saturated carbocycles. The maximum atomic E-state index is 12.3. The molecule has 1 N–H and O–H groups in total. The van der Waals surface area contributed by atoms with Crippen LogP contribution in [0.4, 0.5) is 0 Å². The van der Waals surface area contributed by atoms with Gasteiger partial charge in [-0.25, -0.2) is 0 Å². The number of carbonyl (C=O) groups excluding carboxylic acids is 1. The summed E-state index contributed by atoms with van der Waals surface area (Å²) in [6, 6.07) is 17.9. The third kappa shape index (κ3) is 3.70. The maximum absolute atomic E-state index is 12.3. The van der Waals surface area contributed by atoms with Gasteiger partial charge in [0, 0.05) is 24.7 Å². The minimum Gasteiger partial charge on any atom is -0.349 e. The molecule has 0 atom stereocenters. The van der Waals surface area contributed by atoms with Crippen molar-refractivity contribution in [2.45, 2.75) is 18.9 Å². The third-order valence-electron chi connectivity index (χ3n) is 4.23. The summed E-state index contributed by atoms with van der Waals surface area (Å²) >= 11 is 0. The van der Waals surface area contributed by atoms with Crippen molar-refractivity contribution in [1.82, 2.24) is 10.2 Å². The summed E-state index contributed by atoms with van der Waals surface area (Å²) < 4.78 is 0. The van der Waals surface area contributed by atoms with Gasteiger partial charge in [-0.05, 0) is 36.1 Å². The topological polar surface area (TPSA) is 56.1 Å². The van der Waals surface area contributed by atoms with Crippen molar-refractivity contribution < 1.29 is 4.79 Å². The number of nitrogens with zero attached hydrogens (tertiary/aromatic N) is 2. The van der Waals surface area contributed by atoms with Crippen LogP contribution in [0.25, 0.3) is 11.1 Å². The van der Waals surface area contributed by atoms with Gasteiger partial charge >= 0.3 is 0 Å². The molecule has 0 spiro atoms. The van der Waals surface area contributed by atoms with Crippen molar-refractivity contribution in [3.8, 4) is 17.3 Å². The van der Waals surface area contributed by atoms with E-state index in [0.29, 0.717) is 18.7 Å². The van der Waals surface area contributed by atoms with Crippen LogP contribution in [0.2, 0.25) is 0 Å². The van der Waals surface area contributed by atoms with Crippen molar-refractivity contribution >= 4 is 5.91 Å². The lowest BCUT2D eigenvalue weighted by atomic mass is 10.0. The zero-order valence-electron chi connectivity index (χ0n) is 12.9. The van der Waals surface area contributed by atoms with Crippen LogP contribution in [0.1, 0.15) is 23.2 Å². The molecule has 0 aromatic heterocycles. The summed E-state index contributed by atoms with van der Waals surface area (Å²) in [5.74, 6) is -0.0416. The Hall–Kier alpha value is -2.80. The van der Waals surface area contributed by atoms with Crippen LogP contribution in [0, 0.1) is 11.5 Å². The molecule has 0 unspecified atom stereocenters. The molecule has 1 heterocycles.